The molecule has 168 valence electrons. The third kappa shape index (κ3) is 4.98. The number of nitrogens with one attached hydrogen (secondary N) is 1. The Morgan fingerprint density at radius 3 is 2.21 bits per heavy atom. The fourth-order valence-corrected chi connectivity index (χ4v) is 5.57. The molecule has 0 amide bonds. The number of hydrogen-bond acceptors (Lipinski definition) is 6. The van der Waals surface area contributed by atoms with E-state index in [4.69, 9.17) is 16.3 Å². The van der Waals surface area contributed by atoms with Crippen LogP contribution in [0.4, 0.5) is 0 Å². The Hall–Kier alpha value is -3.07. The highest BCUT2D eigenvalue weighted by atomic mass is 35.5. The van der Waals surface area contributed by atoms with Crippen molar-refractivity contribution in [3.63, 3.8) is 0 Å². The van der Waals surface area contributed by atoms with Crippen LogP contribution in [0.25, 0.3) is 11.4 Å². The van der Waals surface area contributed by atoms with Crippen LogP contribution >= 0.6 is 23.4 Å². The van der Waals surface area contributed by atoms with Crippen molar-refractivity contribution >= 4 is 38.3 Å². The zero-order chi connectivity index (χ0) is 23.6. The van der Waals surface area contributed by atoms with Crippen LogP contribution in [0.3, 0.4) is 0 Å². The normalized spacial score (nSPS) is 11.4. The lowest BCUT2D eigenvalue weighted by atomic mass is 10.2. The van der Waals surface area contributed by atoms with Crippen LogP contribution in [0, 0.1) is 6.92 Å². The summed E-state index contributed by atoms with van der Waals surface area (Å²) in [6.45, 7) is 1.88. The monoisotopic (exact) mass is 498 g/mol. The molecule has 1 N–H and O–H groups in total. The van der Waals surface area contributed by atoms with Crippen molar-refractivity contribution in [3.8, 4) is 17.1 Å². The number of aryl methyl sites for hydroxylation is 1. The van der Waals surface area contributed by atoms with Crippen molar-refractivity contribution < 1.29 is 17.9 Å². The van der Waals surface area contributed by atoms with E-state index < -0.39 is 9.84 Å². The van der Waals surface area contributed by atoms with Crippen molar-refractivity contribution in [1.82, 2.24) is 9.97 Å². The van der Waals surface area contributed by atoms with Crippen molar-refractivity contribution in [3.05, 3.63) is 88.9 Å². The standard InChI is InChI=1S/C24H19ClN2O4S2/c1-15-3-13-20(14-4-15)33(29,30)23-22(32-24(28)17-5-9-18(25)10-6-17)26-21(27-23)16-7-11-19(31-2)12-8-16/h3-14H,1-2H3,(H,26,27). The minimum absolute atomic E-state index is 0.0707. The topological polar surface area (TPSA) is 89.1 Å². The van der Waals surface area contributed by atoms with E-state index in [1.54, 1.807) is 67.8 Å². The van der Waals surface area contributed by atoms with Gasteiger partial charge in [0.2, 0.25) is 15.0 Å². The van der Waals surface area contributed by atoms with Gasteiger partial charge in [0.05, 0.1) is 12.0 Å². The molecular weight excluding hydrogens is 480 g/mol. The Labute approximate surface area is 200 Å². The first kappa shape index (κ1) is 23.1. The number of carbonyl (C=O) groups excluding carboxylic acids is 1. The Morgan fingerprint density at radius 1 is 0.970 bits per heavy atom. The molecule has 0 saturated carbocycles. The zero-order valence-electron chi connectivity index (χ0n) is 17.7. The van der Waals surface area contributed by atoms with Crippen LogP contribution in [0.1, 0.15) is 15.9 Å². The van der Waals surface area contributed by atoms with Gasteiger partial charge < -0.3 is 9.72 Å². The van der Waals surface area contributed by atoms with Crippen LogP contribution in [0.5, 0.6) is 5.75 Å². The third-order valence-electron chi connectivity index (χ3n) is 4.87. The van der Waals surface area contributed by atoms with Gasteiger partial charge in [-0.1, -0.05) is 29.3 Å². The molecule has 0 fully saturated rings. The van der Waals surface area contributed by atoms with Gasteiger partial charge in [-0.3, -0.25) is 4.79 Å². The minimum atomic E-state index is -3.96. The largest absolute Gasteiger partial charge is 0.497 e. The smallest absolute Gasteiger partial charge is 0.225 e. The number of nitrogens with zero attached hydrogens (tertiary/aromatic N) is 1. The summed E-state index contributed by atoms with van der Waals surface area (Å²) in [5.74, 6) is 0.986. The summed E-state index contributed by atoms with van der Waals surface area (Å²) >= 11 is 6.66. The number of rotatable bonds is 6. The van der Waals surface area contributed by atoms with Gasteiger partial charge >= 0.3 is 0 Å². The molecule has 0 aliphatic rings. The number of ether oxygens (including phenoxy) is 1. The maximum absolute atomic E-state index is 13.4. The Balaban J connectivity index is 1.78. The average molecular weight is 499 g/mol. The van der Waals surface area contributed by atoms with E-state index in [-0.39, 0.29) is 20.1 Å². The van der Waals surface area contributed by atoms with Gasteiger partial charge in [0.25, 0.3) is 0 Å². The number of H-pyrrole nitrogens is 1. The van der Waals surface area contributed by atoms with E-state index in [0.717, 1.165) is 17.3 Å². The number of aromatic amines is 1. The predicted octanol–water partition coefficient (Wildman–Crippen LogP) is 5.81. The van der Waals surface area contributed by atoms with E-state index in [1.165, 1.54) is 12.1 Å². The molecule has 0 radical (unpaired) electrons. The Morgan fingerprint density at radius 2 is 1.61 bits per heavy atom. The van der Waals surface area contributed by atoms with Crippen molar-refractivity contribution in [1.29, 1.82) is 0 Å². The number of carbonyl (C=O) groups is 1. The molecule has 4 aromatic rings. The van der Waals surface area contributed by atoms with Gasteiger partial charge in [-0.05, 0) is 79.3 Å². The van der Waals surface area contributed by atoms with Crippen molar-refractivity contribution in [2.24, 2.45) is 0 Å². The highest BCUT2D eigenvalue weighted by Gasteiger charge is 2.28. The first-order valence-corrected chi connectivity index (χ1v) is 12.5. The predicted molar refractivity (Wildman–Crippen MR) is 129 cm³/mol. The highest BCUT2D eigenvalue weighted by Crippen LogP contribution is 2.34. The van der Waals surface area contributed by atoms with Crippen molar-refractivity contribution in [2.75, 3.05) is 7.11 Å². The van der Waals surface area contributed by atoms with Gasteiger partial charge in [-0.25, -0.2) is 13.4 Å². The molecule has 0 aliphatic heterocycles. The lowest BCUT2D eigenvalue weighted by Crippen LogP contribution is -2.05. The number of imidazole rings is 1. The van der Waals surface area contributed by atoms with Gasteiger partial charge in [0, 0.05) is 16.1 Å². The van der Waals surface area contributed by atoms with Crippen LogP contribution in [0.2, 0.25) is 5.02 Å². The van der Waals surface area contributed by atoms with Crippen molar-refractivity contribution in [2.45, 2.75) is 21.9 Å². The number of benzene rings is 3. The van der Waals surface area contributed by atoms with Crippen LogP contribution in [0.15, 0.2) is 87.7 Å². The third-order valence-corrected chi connectivity index (χ3v) is 7.89. The van der Waals surface area contributed by atoms with E-state index in [9.17, 15) is 13.2 Å². The second kappa shape index (κ2) is 9.43. The van der Waals surface area contributed by atoms with Crippen LogP contribution in [-0.4, -0.2) is 30.6 Å². The van der Waals surface area contributed by atoms with Crippen LogP contribution in [-0.2, 0) is 9.84 Å². The zero-order valence-corrected chi connectivity index (χ0v) is 20.1. The first-order chi connectivity index (χ1) is 15.8. The van der Waals surface area contributed by atoms with E-state index in [2.05, 4.69) is 9.97 Å². The molecule has 9 heteroatoms. The summed E-state index contributed by atoms with van der Waals surface area (Å²) in [6, 6.07) is 19.9. The fourth-order valence-electron chi connectivity index (χ4n) is 3.05. The Bertz CT molecular complexity index is 1400. The number of thioether (sulfide) groups is 1. The van der Waals surface area contributed by atoms with Gasteiger partial charge in [-0.2, -0.15) is 0 Å². The summed E-state index contributed by atoms with van der Waals surface area (Å²) in [6.07, 6.45) is 0. The number of aromatic nitrogens is 2. The van der Waals surface area contributed by atoms with Gasteiger partial charge in [0.1, 0.15) is 16.6 Å². The molecule has 0 spiro atoms. The molecule has 4 rings (SSSR count). The number of halogens is 1. The second-order valence-corrected chi connectivity index (χ2v) is 10.4. The molecule has 3 aromatic carbocycles. The maximum atomic E-state index is 13.4. The molecule has 0 unspecified atom stereocenters. The van der Waals surface area contributed by atoms with Crippen LogP contribution < -0.4 is 4.74 Å². The number of methoxy groups -OCH3 is 1. The SMILES string of the molecule is COc1ccc(-c2nc(SC(=O)c3ccc(Cl)cc3)c(S(=O)(=O)c3ccc(C)cc3)[nH]2)cc1. The molecule has 6 nitrogen and oxygen atoms in total. The summed E-state index contributed by atoms with van der Waals surface area (Å²) < 4.78 is 32.1. The highest BCUT2D eigenvalue weighted by molar-refractivity contribution is 8.14. The van der Waals surface area contributed by atoms with Gasteiger partial charge in [-0.15, -0.1) is 0 Å². The molecule has 1 heterocycles. The quantitative estimate of drug-likeness (QED) is 0.337. The lowest BCUT2D eigenvalue weighted by Gasteiger charge is -2.05. The average Bonchev–Trinajstić information content (AvgIpc) is 3.24. The van der Waals surface area contributed by atoms with E-state index in [1.807, 2.05) is 6.92 Å². The molecular formula is C24H19ClN2O4S2. The summed E-state index contributed by atoms with van der Waals surface area (Å²) in [5.41, 5.74) is 1.98. The van der Waals surface area contributed by atoms with Gasteiger partial charge in [0.15, 0.2) is 5.03 Å². The molecule has 33 heavy (non-hydrogen) atoms. The number of hydrogen-bond donors (Lipinski definition) is 1. The molecule has 0 bridgehead atoms. The first-order valence-electron chi connectivity index (χ1n) is 9.82. The summed E-state index contributed by atoms with van der Waals surface area (Å²) in [5, 5.41) is 0.0892. The second-order valence-electron chi connectivity index (χ2n) is 7.16. The molecule has 0 aliphatic carbocycles. The fraction of sp³-hybridized carbons (Fsp3) is 0.0833. The molecule has 0 atom stereocenters. The van der Waals surface area contributed by atoms with E-state index in [0.29, 0.717) is 27.7 Å². The number of sulfone groups is 1. The maximum Gasteiger partial charge on any atom is 0.225 e. The summed E-state index contributed by atoms with van der Waals surface area (Å²) in [7, 11) is -2.40. The minimum Gasteiger partial charge on any atom is -0.497 e. The molecule has 1 aromatic heterocycles. The lowest BCUT2D eigenvalue weighted by molar-refractivity contribution is 0.108. The summed E-state index contributed by atoms with van der Waals surface area (Å²) in [4.78, 5) is 20.4. The molecule has 0 saturated heterocycles. The Kier molecular flexibility index (Phi) is 6.60. The van der Waals surface area contributed by atoms with E-state index >= 15 is 0 Å².